The van der Waals surface area contributed by atoms with Crippen LogP contribution in [0.1, 0.15) is 0 Å². The van der Waals surface area contributed by atoms with Gasteiger partial charge in [0.15, 0.2) is 23.0 Å². The van der Waals surface area contributed by atoms with Crippen molar-refractivity contribution in [2.75, 3.05) is 21.3 Å². The molecule has 124 valence electrons. The molecule has 0 heterocycles. The third-order valence-electron chi connectivity index (χ3n) is 3.73. The smallest absolute Gasteiger partial charge is 0.203 e. The van der Waals surface area contributed by atoms with Crippen molar-refractivity contribution < 1.29 is 24.1 Å². The number of phenolic OH excluding ortho intramolecular Hbond substituents is 1. The number of rotatable bonds is 5. The number of methoxy groups -OCH3 is 3. The number of aromatic hydroxyl groups is 1. The van der Waals surface area contributed by atoms with Gasteiger partial charge in [0, 0.05) is 17.5 Å². The molecule has 0 radical (unpaired) electrons. The first kappa shape index (κ1) is 15.8. The van der Waals surface area contributed by atoms with Crippen LogP contribution in [0.2, 0.25) is 0 Å². The molecule has 24 heavy (non-hydrogen) atoms. The molecule has 5 heteroatoms. The molecule has 0 aromatic heterocycles. The summed E-state index contributed by atoms with van der Waals surface area (Å²) in [4.78, 5) is 0. The quantitative estimate of drug-likeness (QED) is 0.755. The van der Waals surface area contributed by atoms with Crippen molar-refractivity contribution in [3.63, 3.8) is 0 Å². The Hall–Kier alpha value is -3.08. The SMILES string of the molecule is COc1cc(Oc2ccc3ccccc3c2O)cc(OC)c1OC. The van der Waals surface area contributed by atoms with E-state index in [0.29, 0.717) is 28.7 Å². The second kappa shape index (κ2) is 6.58. The number of phenols is 1. The summed E-state index contributed by atoms with van der Waals surface area (Å²) in [7, 11) is 4.61. The molecule has 0 spiro atoms. The highest BCUT2D eigenvalue weighted by atomic mass is 16.5. The summed E-state index contributed by atoms with van der Waals surface area (Å²) >= 11 is 0. The predicted molar refractivity (Wildman–Crippen MR) is 91.8 cm³/mol. The van der Waals surface area contributed by atoms with Gasteiger partial charge in [0.1, 0.15) is 5.75 Å². The first-order valence-electron chi connectivity index (χ1n) is 7.36. The lowest BCUT2D eigenvalue weighted by atomic mass is 10.1. The van der Waals surface area contributed by atoms with Crippen LogP contribution in [0.5, 0.6) is 34.5 Å². The fourth-order valence-corrected chi connectivity index (χ4v) is 2.56. The van der Waals surface area contributed by atoms with Crippen molar-refractivity contribution >= 4 is 10.8 Å². The van der Waals surface area contributed by atoms with Gasteiger partial charge >= 0.3 is 0 Å². The molecule has 0 saturated carbocycles. The highest BCUT2D eigenvalue weighted by molar-refractivity contribution is 5.90. The summed E-state index contributed by atoms with van der Waals surface area (Å²) in [6.45, 7) is 0. The minimum atomic E-state index is 0.0850. The average molecular weight is 326 g/mol. The van der Waals surface area contributed by atoms with E-state index in [1.54, 1.807) is 18.2 Å². The van der Waals surface area contributed by atoms with E-state index in [9.17, 15) is 5.11 Å². The molecule has 0 amide bonds. The number of benzene rings is 3. The Balaban J connectivity index is 2.04. The van der Waals surface area contributed by atoms with E-state index in [1.807, 2.05) is 30.3 Å². The van der Waals surface area contributed by atoms with Crippen LogP contribution in [-0.4, -0.2) is 26.4 Å². The number of hydrogen-bond donors (Lipinski definition) is 1. The third-order valence-corrected chi connectivity index (χ3v) is 3.73. The Morgan fingerprint density at radius 1 is 0.750 bits per heavy atom. The summed E-state index contributed by atoms with van der Waals surface area (Å²) in [5.74, 6) is 2.34. The fourth-order valence-electron chi connectivity index (χ4n) is 2.56. The van der Waals surface area contributed by atoms with Crippen molar-refractivity contribution in [1.29, 1.82) is 0 Å². The molecule has 0 atom stereocenters. The van der Waals surface area contributed by atoms with Crippen molar-refractivity contribution in [3.8, 4) is 34.5 Å². The van der Waals surface area contributed by atoms with Crippen LogP contribution >= 0.6 is 0 Å². The van der Waals surface area contributed by atoms with Gasteiger partial charge in [-0.05, 0) is 11.5 Å². The van der Waals surface area contributed by atoms with Crippen molar-refractivity contribution in [3.05, 3.63) is 48.5 Å². The van der Waals surface area contributed by atoms with Gasteiger partial charge in [-0.25, -0.2) is 0 Å². The molecule has 3 rings (SSSR count). The lowest BCUT2D eigenvalue weighted by Gasteiger charge is -2.15. The number of ether oxygens (including phenoxy) is 4. The topological polar surface area (TPSA) is 57.2 Å². The van der Waals surface area contributed by atoms with Gasteiger partial charge in [-0.3, -0.25) is 0 Å². The number of hydrogen-bond acceptors (Lipinski definition) is 5. The summed E-state index contributed by atoms with van der Waals surface area (Å²) in [6, 6.07) is 14.5. The molecule has 1 N–H and O–H groups in total. The Labute approximate surface area is 140 Å². The molecular formula is C19H18O5. The third kappa shape index (κ3) is 2.76. The van der Waals surface area contributed by atoms with Crippen molar-refractivity contribution in [2.45, 2.75) is 0 Å². The molecule has 0 saturated heterocycles. The largest absolute Gasteiger partial charge is 0.504 e. The van der Waals surface area contributed by atoms with Gasteiger partial charge in [0.05, 0.1) is 21.3 Å². The maximum absolute atomic E-state index is 10.5. The van der Waals surface area contributed by atoms with Crippen LogP contribution in [0.3, 0.4) is 0 Å². The van der Waals surface area contributed by atoms with E-state index >= 15 is 0 Å². The highest BCUT2D eigenvalue weighted by Gasteiger charge is 2.16. The molecular weight excluding hydrogens is 308 g/mol. The van der Waals surface area contributed by atoms with E-state index in [4.69, 9.17) is 18.9 Å². The standard InChI is InChI=1S/C19H18O5/c1-21-16-10-13(11-17(22-2)19(16)23-3)24-15-9-8-12-6-4-5-7-14(12)18(15)20/h4-11,20H,1-3H3. The Morgan fingerprint density at radius 2 is 1.42 bits per heavy atom. The summed E-state index contributed by atoms with van der Waals surface area (Å²) in [5.41, 5.74) is 0. The maximum atomic E-state index is 10.5. The first-order valence-corrected chi connectivity index (χ1v) is 7.36. The van der Waals surface area contributed by atoms with Crippen LogP contribution in [0.15, 0.2) is 48.5 Å². The van der Waals surface area contributed by atoms with Gasteiger partial charge in [-0.1, -0.05) is 30.3 Å². The first-order chi connectivity index (χ1) is 11.7. The van der Waals surface area contributed by atoms with Crippen LogP contribution < -0.4 is 18.9 Å². The van der Waals surface area contributed by atoms with E-state index in [2.05, 4.69) is 0 Å². The van der Waals surface area contributed by atoms with Crippen molar-refractivity contribution in [1.82, 2.24) is 0 Å². The van der Waals surface area contributed by atoms with E-state index in [1.165, 1.54) is 21.3 Å². The predicted octanol–water partition coefficient (Wildman–Crippen LogP) is 4.36. The van der Waals surface area contributed by atoms with Crippen molar-refractivity contribution in [2.24, 2.45) is 0 Å². The Morgan fingerprint density at radius 3 is 2.04 bits per heavy atom. The normalized spacial score (nSPS) is 10.5. The number of fused-ring (bicyclic) bond motifs is 1. The molecule has 0 fully saturated rings. The molecule has 0 bridgehead atoms. The zero-order chi connectivity index (χ0) is 17.1. The van der Waals surface area contributed by atoms with Gasteiger partial charge in [0.25, 0.3) is 0 Å². The van der Waals surface area contributed by atoms with Crippen LogP contribution in [-0.2, 0) is 0 Å². The van der Waals surface area contributed by atoms with Gasteiger partial charge in [-0.2, -0.15) is 0 Å². The second-order valence-electron chi connectivity index (χ2n) is 5.10. The molecule has 3 aromatic carbocycles. The summed E-state index contributed by atoms with van der Waals surface area (Å²) < 4.78 is 21.7. The minimum Gasteiger partial charge on any atom is -0.504 e. The lowest BCUT2D eigenvalue weighted by Crippen LogP contribution is -1.96. The molecule has 3 aromatic rings. The van der Waals surface area contributed by atoms with Gasteiger partial charge in [0.2, 0.25) is 5.75 Å². The average Bonchev–Trinajstić information content (AvgIpc) is 2.63. The van der Waals surface area contributed by atoms with E-state index in [-0.39, 0.29) is 5.75 Å². The minimum absolute atomic E-state index is 0.0850. The monoisotopic (exact) mass is 326 g/mol. The van der Waals surface area contributed by atoms with Crippen LogP contribution in [0, 0.1) is 0 Å². The van der Waals surface area contributed by atoms with Gasteiger partial charge in [-0.15, -0.1) is 0 Å². The van der Waals surface area contributed by atoms with E-state index in [0.717, 1.165) is 10.8 Å². The Kier molecular flexibility index (Phi) is 4.33. The fraction of sp³-hybridized carbons (Fsp3) is 0.158. The molecule has 0 aliphatic rings. The summed E-state index contributed by atoms with van der Waals surface area (Å²) in [5, 5.41) is 12.1. The van der Waals surface area contributed by atoms with Crippen LogP contribution in [0.25, 0.3) is 10.8 Å². The second-order valence-corrected chi connectivity index (χ2v) is 5.10. The molecule has 0 aliphatic heterocycles. The summed E-state index contributed by atoms with van der Waals surface area (Å²) in [6.07, 6.45) is 0. The highest BCUT2D eigenvalue weighted by Crippen LogP contribution is 2.43. The van der Waals surface area contributed by atoms with Gasteiger partial charge < -0.3 is 24.1 Å². The zero-order valence-electron chi connectivity index (χ0n) is 13.7. The lowest BCUT2D eigenvalue weighted by molar-refractivity contribution is 0.320. The molecule has 0 aliphatic carbocycles. The zero-order valence-corrected chi connectivity index (χ0v) is 13.7. The molecule has 5 nitrogen and oxygen atoms in total. The maximum Gasteiger partial charge on any atom is 0.203 e. The Bertz CT molecular complexity index is 848. The van der Waals surface area contributed by atoms with E-state index < -0.39 is 0 Å². The molecule has 0 unspecified atom stereocenters. The van der Waals surface area contributed by atoms with Crippen LogP contribution in [0.4, 0.5) is 0 Å².